The molecule has 4 atom stereocenters. The second-order valence-corrected chi connectivity index (χ2v) is 5.95. The van der Waals surface area contributed by atoms with Gasteiger partial charge < -0.3 is 15.5 Å². The fourth-order valence-electron chi connectivity index (χ4n) is 3.05. The number of hydrogen-bond acceptors (Lipinski definition) is 3. The van der Waals surface area contributed by atoms with E-state index in [2.05, 4.69) is 5.32 Å². The number of rotatable bonds is 4. The summed E-state index contributed by atoms with van der Waals surface area (Å²) in [6, 6.07) is 6.42. The molecule has 1 fully saturated rings. The molecule has 0 aliphatic heterocycles. The number of carboxylic acid groups (broad SMARTS) is 1. The minimum Gasteiger partial charge on any atom is -0.508 e. The fourth-order valence-corrected chi connectivity index (χ4v) is 3.05. The van der Waals surface area contributed by atoms with Gasteiger partial charge in [-0.3, -0.25) is 9.59 Å². The van der Waals surface area contributed by atoms with Gasteiger partial charge in [0, 0.05) is 0 Å². The third-order valence-electron chi connectivity index (χ3n) is 4.18. The SMILES string of the molecule is CC1C[C@H](C(=O)NC(C)c2cccc(O)c2)[C@H](C(=O)O)C1. The molecule has 1 saturated carbocycles. The molecule has 0 aromatic heterocycles. The molecule has 0 radical (unpaired) electrons. The van der Waals surface area contributed by atoms with Crippen LogP contribution in [0.3, 0.4) is 0 Å². The molecule has 5 heteroatoms. The van der Waals surface area contributed by atoms with E-state index in [1.807, 2.05) is 19.9 Å². The summed E-state index contributed by atoms with van der Waals surface area (Å²) in [4.78, 5) is 23.6. The van der Waals surface area contributed by atoms with Gasteiger partial charge in [0.1, 0.15) is 5.75 Å². The Morgan fingerprint density at radius 1 is 1.29 bits per heavy atom. The lowest BCUT2D eigenvalue weighted by Crippen LogP contribution is -2.36. The van der Waals surface area contributed by atoms with Crippen LogP contribution in [0, 0.1) is 17.8 Å². The van der Waals surface area contributed by atoms with Crippen molar-refractivity contribution in [2.45, 2.75) is 32.7 Å². The van der Waals surface area contributed by atoms with E-state index in [4.69, 9.17) is 0 Å². The average molecular weight is 291 g/mol. The zero-order valence-electron chi connectivity index (χ0n) is 12.2. The number of carbonyl (C=O) groups is 2. The molecule has 3 N–H and O–H groups in total. The van der Waals surface area contributed by atoms with Crippen LogP contribution in [-0.2, 0) is 9.59 Å². The first-order chi connectivity index (χ1) is 9.88. The molecular weight excluding hydrogens is 270 g/mol. The number of carboxylic acids is 1. The van der Waals surface area contributed by atoms with Crippen molar-refractivity contribution in [1.29, 1.82) is 0 Å². The number of benzene rings is 1. The topological polar surface area (TPSA) is 86.6 Å². The van der Waals surface area contributed by atoms with Crippen molar-refractivity contribution in [2.75, 3.05) is 0 Å². The van der Waals surface area contributed by atoms with Crippen molar-refractivity contribution in [2.24, 2.45) is 17.8 Å². The van der Waals surface area contributed by atoms with Gasteiger partial charge in [-0.25, -0.2) is 0 Å². The Kier molecular flexibility index (Phi) is 4.50. The zero-order chi connectivity index (χ0) is 15.6. The highest BCUT2D eigenvalue weighted by Gasteiger charge is 2.41. The van der Waals surface area contributed by atoms with Gasteiger partial charge in [-0.1, -0.05) is 19.1 Å². The summed E-state index contributed by atoms with van der Waals surface area (Å²) in [6.45, 7) is 3.79. The predicted octanol–water partition coefficient (Wildman–Crippen LogP) is 2.32. The lowest BCUT2D eigenvalue weighted by atomic mass is 9.94. The van der Waals surface area contributed by atoms with E-state index in [1.165, 1.54) is 0 Å². The normalized spacial score (nSPS) is 26.3. The molecule has 1 aromatic rings. The van der Waals surface area contributed by atoms with E-state index in [0.29, 0.717) is 12.8 Å². The molecule has 0 bridgehead atoms. The number of aromatic hydroxyl groups is 1. The van der Waals surface area contributed by atoms with Crippen LogP contribution in [0.15, 0.2) is 24.3 Å². The second-order valence-electron chi connectivity index (χ2n) is 5.95. The highest BCUT2D eigenvalue weighted by Crippen LogP contribution is 2.37. The van der Waals surface area contributed by atoms with E-state index in [1.54, 1.807) is 18.2 Å². The lowest BCUT2D eigenvalue weighted by Gasteiger charge is -2.20. The van der Waals surface area contributed by atoms with Crippen molar-refractivity contribution < 1.29 is 19.8 Å². The van der Waals surface area contributed by atoms with Crippen LogP contribution < -0.4 is 5.32 Å². The van der Waals surface area contributed by atoms with Gasteiger partial charge in [0.15, 0.2) is 0 Å². The van der Waals surface area contributed by atoms with Crippen molar-refractivity contribution >= 4 is 11.9 Å². The van der Waals surface area contributed by atoms with E-state index >= 15 is 0 Å². The highest BCUT2D eigenvalue weighted by atomic mass is 16.4. The third kappa shape index (κ3) is 3.54. The molecular formula is C16H21NO4. The minimum atomic E-state index is -0.899. The third-order valence-corrected chi connectivity index (χ3v) is 4.18. The second kappa shape index (κ2) is 6.16. The van der Waals surface area contributed by atoms with Crippen molar-refractivity contribution in [3.05, 3.63) is 29.8 Å². The molecule has 1 aliphatic carbocycles. The Morgan fingerprint density at radius 2 is 1.95 bits per heavy atom. The summed E-state index contributed by atoms with van der Waals surface area (Å²) in [5.41, 5.74) is 0.793. The van der Waals surface area contributed by atoms with Crippen molar-refractivity contribution in [3.63, 3.8) is 0 Å². The van der Waals surface area contributed by atoms with Crippen LogP contribution in [0.1, 0.15) is 38.3 Å². The maximum Gasteiger partial charge on any atom is 0.307 e. The molecule has 1 amide bonds. The molecule has 5 nitrogen and oxygen atoms in total. The Hall–Kier alpha value is -2.04. The van der Waals surface area contributed by atoms with Crippen molar-refractivity contribution in [3.8, 4) is 5.75 Å². The van der Waals surface area contributed by atoms with Gasteiger partial charge in [-0.2, -0.15) is 0 Å². The molecule has 0 saturated heterocycles. The number of amides is 1. The first-order valence-electron chi connectivity index (χ1n) is 7.20. The van der Waals surface area contributed by atoms with Gasteiger partial charge in [0.2, 0.25) is 5.91 Å². The monoisotopic (exact) mass is 291 g/mol. The van der Waals surface area contributed by atoms with Gasteiger partial charge >= 0.3 is 5.97 Å². The van der Waals surface area contributed by atoms with Crippen LogP contribution >= 0.6 is 0 Å². The molecule has 2 rings (SSSR count). The summed E-state index contributed by atoms with van der Waals surface area (Å²) in [6.07, 6.45) is 1.16. The number of nitrogens with one attached hydrogen (secondary N) is 1. The Balaban J connectivity index is 2.05. The van der Waals surface area contributed by atoms with Crippen molar-refractivity contribution in [1.82, 2.24) is 5.32 Å². The minimum absolute atomic E-state index is 0.145. The predicted molar refractivity (Wildman–Crippen MR) is 77.7 cm³/mol. The van der Waals surface area contributed by atoms with Crippen LogP contribution in [0.5, 0.6) is 5.75 Å². The van der Waals surface area contributed by atoms with Crippen LogP contribution in [0.4, 0.5) is 0 Å². The van der Waals surface area contributed by atoms with Crippen LogP contribution in [0.25, 0.3) is 0 Å². The maximum atomic E-state index is 12.3. The van der Waals surface area contributed by atoms with E-state index in [-0.39, 0.29) is 23.6 Å². The summed E-state index contributed by atoms with van der Waals surface area (Å²) < 4.78 is 0. The van der Waals surface area contributed by atoms with E-state index in [0.717, 1.165) is 5.56 Å². The van der Waals surface area contributed by atoms with Gasteiger partial charge in [0.05, 0.1) is 17.9 Å². The molecule has 1 aliphatic rings. The molecule has 1 aromatic carbocycles. The first-order valence-corrected chi connectivity index (χ1v) is 7.20. The molecule has 21 heavy (non-hydrogen) atoms. The first kappa shape index (κ1) is 15.4. The quantitative estimate of drug-likeness (QED) is 0.794. The van der Waals surface area contributed by atoms with Crippen LogP contribution in [-0.4, -0.2) is 22.1 Å². The summed E-state index contributed by atoms with van der Waals surface area (Å²) in [7, 11) is 0. The van der Waals surface area contributed by atoms with E-state index in [9.17, 15) is 19.8 Å². The summed E-state index contributed by atoms with van der Waals surface area (Å²) >= 11 is 0. The van der Waals surface area contributed by atoms with E-state index < -0.39 is 17.8 Å². The molecule has 2 unspecified atom stereocenters. The smallest absolute Gasteiger partial charge is 0.307 e. The number of aliphatic carboxylic acids is 1. The number of hydrogen-bond donors (Lipinski definition) is 3. The van der Waals surface area contributed by atoms with Gasteiger partial charge in [-0.15, -0.1) is 0 Å². The maximum absolute atomic E-state index is 12.3. The molecule has 0 spiro atoms. The lowest BCUT2D eigenvalue weighted by molar-refractivity contribution is -0.146. The Bertz CT molecular complexity index is 543. The number of phenols is 1. The van der Waals surface area contributed by atoms with Crippen LogP contribution in [0.2, 0.25) is 0 Å². The zero-order valence-corrected chi connectivity index (χ0v) is 12.2. The molecule has 114 valence electrons. The number of carbonyl (C=O) groups excluding carboxylic acids is 1. The Morgan fingerprint density at radius 3 is 2.57 bits per heavy atom. The molecule has 0 heterocycles. The highest BCUT2D eigenvalue weighted by molar-refractivity contribution is 5.85. The standard InChI is InChI=1S/C16H21NO4/c1-9-6-13(14(7-9)16(20)21)15(19)17-10(2)11-4-3-5-12(18)8-11/h3-5,8-10,13-14,18H,6-7H2,1-2H3,(H,17,19)(H,20,21)/t9?,10?,13-,14+/m0/s1. The summed E-state index contributed by atoms with van der Waals surface area (Å²) in [5.74, 6) is -1.80. The Labute approximate surface area is 124 Å². The number of phenolic OH excluding ortho intramolecular Hbond substituents is 1. The van der Waals surface area contributed by atoms with Gasteiger partial charge in [-0.05, 0) is 43.4 Å². The summed E-state index contributed by atoms with van der Waals surface area (Å²) in [5, 5.41) is 21.5. The average Bonchev–Trinajstić information content (AvgIpc) is 2.81. The van der Waals surface area contributed by atoms with Gasteiger partial charge in [0.25, 0.3) is 0 Å². The fraction of sp³-hybridized carbons (Fsp3) is 0.500. The largest absolute Gasteiger partial charge is 0.508 e.